The predicted octanol–water partition coefficient (Wildman–Crippen LogP) is 3.50. The van der Waals surface area contributed by atoms with E-state index in [0.29, 0.717) is 12.1 Å². The molecule has 6 nitrogen and oxygen atoms in total. The Kier molecular flexibility index (Phi) is 5.87. The quantitative estimate of drug-likeness (QED) is 0.570. The topological polar surface area (TPSA) is 79.6 Å². The zero-order valence-corrected chi connectivity index (χ0v) is 18.1. The Morgan fingerprint density at radius 3 is 2.52 bits per heavy atom. The van der Waals surface area contributed by atoms with Gasteiger partial charge in [0.05, 0.1) is 4.90 Å². The molecule has 3 aromatic rings. The Bertz CT molecular complexity index is 1170. The predicted molar refractivity (Wildman–Crippen MR) is 115 cm³/mol. The van der Waals surface area contributed by atoms with Crippen molar-refractivity contribution in [1.29, 1.82) is 0 Å². The summed E-state index contributed by atoms with van der Waals surface area (Å²) in [4.78, 5) is 14.5. The number of rotatable bonds is 5. The number of sulfonamides is 1. The molecule has 1 aromatic heterocycles. The molecule has 0 bridgehead atoms. The zero-order chi connectivity index (χ0) is 20.4. The van der Waals surface area contributed by atoms with Crippen LogP contribution in [0.3, 0.4) is 0 Å². The molecule has 1 aliphatic heterocycles. The molecule has 29 heavy (non-hydrogen) atoms. The van der Waals surface area contributed by atoms with Crippen molar-refractivity contribution in [1.82, 2.24) is 9.62 Å². The first-order valence-corrected chi connectivity index (χ1v) is 11.7. The lowest BCUT2D eigenvalue weighted by Crippen LogP contribution is -2.44. The van der Waals surface area contributed by atoms with E-state index in [1.165, 1.54) is 0 Å². The first-order chi connectivity index (χ1) is 13.9. The Hall–Kier alpha value is -2.00. The van der Waals surface area contributed by atoms with Crippen molar-refractivity contribution in [3.63, 3.8) is 0 Å². The van der Waals surface area contributed by atoms with E-state index in [-0.39, 0.29) is 16.6 Å². The molecule has 8 heteroatoms. The highest BCUT2D eigenvalue weighted by atomic mass is 79.9. The summed E-state index contributed by atoms with van der Waals surface area (Å²) in [5.41, 5.74) is 1.12. The number of fused-ring (bicyclic) bond motifs is 1. The van der Waals surface area contributed by atoms with E-state index in [1.54, 1.807) is 42.5 Å². The average molecular weight is 477 g/mol. The molecule has 0 unspecified atom stereocenters. The molecule has 152 valence electrons. The summed E-state index contributed by atoms with van der Waals surface area (Å²) >= 11 is 3.40. The van der Waals surface area contributed by atoms with Crippen LogP contribution in [-0.2, 0) is 16.6 Å². The molecule has 4 rings (SSSR count). The van der Waals surface area contributed by atoms with Crippen LogP contribution in [-0.4, -0.2) is 32.4 Å². The van der Waals surface area contributed by atoms with E-state index in [1.807, 2.05) is 12.1 Å². The fourth-order valence-corrected chi connectivity index (χ4v) is 5.34. The van der Waals surface area contributed by atoms with E-state index in [9.17, 15) is 13.2 Å². The van der Waals surface area contributed by atoms with E-state index in [4.69, 9.17) is 4.42 Å². The second kappa shape index (κ2) is 8.39. The number of piperidine rings is 1. The van der Waals surface area contributed by atoms with Gasteiger partial charge in [-0.15, -0.1) is 0 Å². The number of likely N-dealkylation sites (tertiary alicyclic amines) is 1. The minimum absolute atomic E-state index is 0.0926. The van der Waals surface area contributed by atoms with Gasteiger partial charge in [0.2, 0.25) is 10.0 Å². The van der Waals surface area contributed by atoms with Crippen LogP contribution in [0.4, 0.5) is 0 Å². The first kappa shape index (κ1) is 20.3. The van der Waals surface area contributed by atoms with E-state index in [2.05, 4.69) is 25.6 Å². The molecule has 2 aromatic carbocycles. The van der Waals surface area contributed by atoms with Crippen molar-refractivity contribution in [2.24, 2.45) is 0 Å². The maximum absolute atomic E-state index is 12.5. The second-order valence-electron chi connectivity index (χ2n) is 7.22. The fourth-order valence-electron chi connectivity index (χ4n) is 3.67. The highest BCUT2D eigenvalue weighted by molar-refractivity contribution is 9.10. The average Bonchev–Trinajstić information content (AvgIpc) is 2.69. The lowest BCUT2D eigenvalue weighted by molar-refractivity contribution is 0.200. The van der Waals surface area contributed by atoms with Gasteiger partial charge in [-0.2, -0.15) is 0 Å². The van der Waals surface area contributed by atoms with Crippen LogP contribution < -0.4 is 10.3 Å². The van der Waals surface area contributed by atoms with Gasteiger partial charge in [-0.25, -0.2) is 17.9 Å². The summed E-state index contributed by atoms with van der Waals surface area (Å²) in [7, 11) is -3.50. The van der Waals surface area contributed by atoms with Crippen molar-refractivity contribution in [3.8, 4) is 0 Å². The highest BCUT2D eigenvalue weighted by Gasteiger charge is 2.25. The van der Waals surface area contributed by atoms with Gasteiger partial charge >= 0.3 is 5.63 Å². The smallest absolute Gasteiger partial charge is 0.336 e. The molecule has 0 atom stereocenters. The van der Waals surface area contributed by atoms with E-state index < -0.39 is 10.0 Å². The number of nitrogens with one attached hydrogen (secondary N) is 1. The van der Waals surface area contributed by atoms with Crippen LogP contribution in [0.2, 0.25) is 0 Å². The monoisotopic (exact) mass is 476 g/mol. The number of nitrogens with zero attached hydrogens (tertiary/aromatic N) is 1. The zero-order valence-electron chi connectivity index (χ0n) is 15.7. The summed E-state index contributed by atoms with van der Waals surface area (Å²) < 4.78 is 34.0. The van der Waals surface area contributed by atoms with Crippen molar-refractivity contribution >= 4 is 36.9 Å². The van der Waals surface area contributed by atoms with Crippen LogP contribution in [0.25, 0.3) is 11.0 Å². The SMILES string of the molecule is O=c1cc(CN2CCC(NS(=O)(=O)c3ccccc3)CC2)c2ccc(Br)cc2o1. The third kappa shape index (κ3) is 4.78. The van der Waals surface area contributed by atoms with Crippen molar-refractivity contribution < 1.29 is 12.8 Å². The van der Waals surface area contributed by atoms with Crippen LogP contribution in [0.15, 0.2) is 73.2 Å². The van der Waals surface area contributed by atoms with Gasteiger partial charge in [-0.3, -0.25) is 4.90 Å². The van der Waals surface area contributed by atoms with Gasteiger partial charge in [0.1, 0.15) is 5.58 Å². The maximum Gasteiger partial charge on any atom is 0.336 e. The Morgan fingerprint density at radius 2 is 1.79 bits per heavy atom. The van der Waals surface area contributed by atoms with Crippen molar-refractivity contribution in [2.75, 3.05) is 13.1 Å². The van der Waals surface area contributed by atoms with Crippen LogP contribution in [0.1, 0.15) is 18.4 Å². The standard InChI is InChI=1S/C21H21BrN2O4S/c22-16-6-7-19-15(12-21(25)28-20(19)13-16)14-24-10-8-17(9-11-24)23-29(26,27)18-4-2-1-3-5-18/h1-7,12-13,17,23H,8-11,14H2. The largest absolute Gasteiger partial charge is 0.423 e. The summed E-state index contributed by atoms with van der Waals surface area (Å²) in [6, 6.07) is 15.5. The molecular formula is C21H21BrN2O4S. The number of halogens is 1. The Labute approximate surface area is 177 Å². The van der Waals surface area contributed by atoms with Gasteiger partial charge in [0.15, 0.2) is 0 Å². The third-order valence-electron chi connectivity index (χ3n) is 5.15. The summed E-state index contributed by atoms with van der Waals surface area (Å²) in [6.07, 6.45) is 1.44. The minimum atomic E-state index is -3.50. The number of hydrogen-bond donors (Lipinski definition) is 1. The molecule has 1 saturated heterocycles. The molecule has 1 aliphatic rings. The van der Waals surface area contributed by atoms with Crippen molar-refractivity contribution in [2.45, 2.75) is 30.3 Å². The molecular weight excluding hydrogens is 456 g/mol. The fraction of sp³-hybridized carbons (Fsp3) is 0.286. The lowest BCUT2D eigenvalue weighted by atomic mass is 10.0. The molecule has 2 heterocycles. The van der Waals surface area contributed by atoms with Crippen LogP contribution in [0, 0.1) is 0 Å². The summed E-state index contributed by atoms with van der Waals surface area (Å²) in [5, 5.41) is 0.916. The number of benzene rings is 2. The summed E-state index contributed by atoms with van der Waals surface area (Å²) in [5.74, 6) is 0. The minimum Gasteiger partial charge on any atom is -0.423 e. The molecule has 0 saturated carbocycles. The van der Waals surface area contributed by atoms with Crippen molar-refractivity contribution in [3.05, 3.63) is 75.1 Å². The normalized spacial score (nSPS) is 16.3. The Balaban J connectivity index is 1.42. The van der Waals surface area contributed by atoms with Gasteiger partial charge in [-0.05, 0) is 48.7 Å². The van der Waals surface area contributed by atoms with E-state index >= 15 is 0 Å². The lowest BCUT2D eigenvalue weighted by Gasteiger charge is -2.32. The first-order valence-electron chi connectivity index (χ1n) is 9.43. The maximum atomic E-state index is 12.5. The molecule has 1 fully saturated rings. The molecule has 1 N–H and O–H groups in total. The van der Waals surface area contributed by atoms with Gasteiger partial charge in [0, 0.05) is 41.6 Å². The van der Waals surface area contributed by atoms with Gasteiger partial charge in [0.25, 0.3) is 0 Å². The van der Waals surface area contributed by atoms with Gasteiger partial charge in [-0.1, -0.05) is 34.1 Å². The van der Waals surface area contributed by atoms with E-state index in [0.717, 1.165) is 41.4 Å². The molecule has 0 amide bonds. The molecule has 0 spiro atoms. The van der Waals surface area contributed by atoms with Crippen LogP contribution in [0.5, 0.6) is 0 Å². The highest BCUT2D eigenvalue weighted by Crippen LogP contribution is 2.24. The number of hydrogen-bond acceptors (Lipinski definition) is 5. The van der Waals surface area contributed by atoms with Crippen LogP contribution >= 0.6 is 15.9 Å². The third-order valence-corrected chi connectivity index (χ3v) is 7.18. The molecule has 0 radical (unpaired) electrons. The second-order valence-corrected chi connectivity index (χ2v) is 9.85. The Morgan fingerprint density at radius 1 is 1.07 bits per heavy atom. The molecule has 0 aliphatic carbocycles. The van der Waals surface area contributed by atoms with Gasteiger partial charge < -0.3 is 4.42 Å². The summed E-state index contributed by atoms with van der Waals surface area (Å²) in [6.45, 7) is 2.13.